The summed E-state index contributed by atoms with van der Waals surface area (Å²) in [5, 5.41) is 0. The van der Waals surface area contributed by atoms with Crippen molar-refractivity contribution in [2.24, 2.45) is 0 Å². The first-order chi connectivity index (χ1) is 11.4. The third-order valence-electron chi connectivity index (χ3n) is 6.27. The average Bonchev–Trinajstić information content (AvgIpc) is 3.35. The first kappa shape index (κ1) is 16.6. The number of hydrogen-bond acceptors (Lipinski definition) is 3. The van der Waals surface area contributed by atoms with Gasteiger partial charge in [0.25, 0.3) is 0 Å². The Hall–Kier alpha value is -0.835. The van der Waals surface area contributed by atoms with Crippen LogP contribution in [0.25, 0.3) is 0 Å². The Labute approximate surface area is 146 Å². The quantitative estimate of drug-likeness (QED) is 0.791. The summed E-state index contributed by atoms with van der Waals surface area (Å²) >= 11 is 0. The summed E-state index contributed by atoms with van der Waals surface area (Å²) in [5.41, 5.74) is 3.47. The third-order valence-corrected chi connectivity index (χ3v) is 6.27. The lowest BCUT2D eigenvalue weighted by Gasteiger charge is -2.32. The number of benzene rings is 1. The molecule has 0 bridgehead atoms. The van der Waals surface area contributed by atoms with Crippen LogP contribution in [0.3, 0.4) is 0 Å². The maximum absolute atomic E-state index is 6.36. The monoisotopic (exact) mass is 328 g/mol. The van der Waals surface area contributed by atoms with Crippen LogP contribution < -0.4 is 5.46 Å². The second-order valence-corrected chi connectivity index (χ2v) is 8.66. The maximum Gasteiger partial charge on any atom is 0.495 e. The normalized spacial score (nSPS) is 29.0. The summed E-state index contributed by atoms with van der Waals surface area (Å²) in [5.74, 6) is 1.20. The van der Waals surface area contributed by atoms with E-state index in [-0.39, 0.29) is 18.3 Å². The van der Waals surface area contributed by atoms with E-state index in [1.165, 1.54) is 35.9 Å². The van der Waals surface area contributed by atoms with E-state index in [1.54, 1.807) is 0 Å². The van der Waals surface area contributed by atoms with Gasteiger partial charge in [-0.25, -0.2) is 0 Å². The molecule has 1 aliphatic carbocycles. The van der Waals surface area contributed by atoms with Crippen LogP contribution >= 0.6 is 0 Å². The molecule has 3 aliphatic rings. The Bertz CT molecular complexity index is 599. The summed E-state index contributed by atoms with van der Waals surface area (Å²) in [6.45, 7) is 10.3. The van der Waals surface area contributed by atoms with Crippen molar-refractivity contribution in [1.29, 1.82) is 0 Å². The van der Waals surface area contributed by atoms with E-state index < -0.39 is 0 Å². The summed E-state index contributed by atoms with van der Waals surface area (Å²) in [4.78, 5) is 0. The lowest BCUT2D eigenvalue weighted by molar-refractivity contribution is 0.00578. The average molecular weight is 328 g/mol. The first-order valence-corrected chi connectivity index (χ1v) is 9.44. The predicted octanol–water partition coefficient (Wildman–Crippen LogP) is 3.76. The van der Waals surface area contributed by atoms with Gasteiger partial charge in [0.15, 0.2) is 0 Å². The van der Waals surface area contributed by atoms with Gasteiger partial charge in [-0.05, 0) is 75.9 Å². The van der Waals surface area contributed by atoms with Crippen molar-refractivity contribution >= 4 is 12.6 Å². The topological polar surface area (TPSA) is 27.7 Å². The van der Waals surface area contributed by atoms with Crippen LogP contribution in [0, 0.1) is 0 Å². The molecular formula is C20H29BO3. The van der Waals surface area contributed by atoms with Gasteiger partial charge in [0.1, 0.15) is 0 Å². The number of hydrogen-bond donors (Lipinski definition) is 0. The molecule has 0 radical (unpaired) electrons. The molecule has 0 spiro atoms. The third kappa shape index (κ3) is 2.93. The SMILES string of the molecule is CC1(C)OB(c2cc(C3CCCOC3)ccc2C2CC2)OC1(C)C. The Morgan fingerprint density at radius 2 is 1.67 bits per heavy atom. The van der Waals surface area contributed by atoms with Crippen LogP contribution in [0.1, 0.15) is 76.3 Å². The molecule has 4 heteroatoms. The Morgan fingerprint density at radius 3 is 2.25 bits per heavy atom. The molecule has 4 rings (SSSR count). The number of rotatable bonds is 3. The Morgan fingerprint density at radius 1 is 0.958 bits per heavy atom. The highest BCUT2D eigenvalue weighted by molar-refractivity contribution is 6.62. The fourth-order valence-corrected chi connectivity index (χ4v) is 3.79. The van der Waals surface area contributed by atoms with Crippen LogP contribution in [0.15, 0.2) is 18.2 Å². The molecule has 0 amide bonds. The fourth-order valence-electron chi connectivity index (χ4n) is 3.79. The zero-order valence-electron chi connectivity index (χ0n) is 15.4. The van der Waals surface area contributed by atoms with Gasteiger partial charge in [-0.3, -0.25) is 0 Å². The van der Waals surface area contributed by atoms with Crippen molar-refractivity contribution in [3.05, 3.63) is 29.3 Å². The van der Waals surface area contributed by atoms with Gasteiger partial charge < -0.3 is 14.0 Å². The predicted molar refractivity (Wildman–Crippen MR) is 96.9 cm³/mol. The van der Waals surface area contributed by atoms with E-state index in [0.29, 0.717) is 11.8 Å². The molecule has 3 fully saturated rings. The highest BCUT2D eigenvalue weighted by Gasteiger charge is 2.52. The molecule has 0 N–H and O–H groups in total. The van der Waals surface area contributed by atoms with E-state index in [9.17, 15) is 0 Å². The molecule has 1 aromatic carbocycles. The highest BCUT2D eigenvalue weighted by Crippen LogP contribution is 2.42. The van der Waals surface area contributed by atoms with E-state index >= 15 is 0 Å². The van der Waals surface area contributed by atoms with Crippen LogP contribution in [0.4, 0.5) is 0 Å². The number of ether oxygens (including phenoxy) is 1. The summed E-state index contributed by atoms with van der Waals surface area (Å²) < 4.78 is 18.4. The van der Waals surface area contributed by atoms with Crippen molar-refractivity contribution < 1.29 is 14.0 Å². The van der Waals surface area contributed by atoms with Crippen molar-refractivity contribution in [2.75, 3.05) is 13.2 Å². The van der Waals surface area contributed by atoms with Gasteiger partial charge in [-0.15, -0.1) is 0 Å². The van der Waals surface area contributed by atoms with E-state index in [0.717, 1.165) is 19.6 Å². The van der Waals surface area contributed by atoms with E-state index in [4.69, 9.17) is 14.0 Å². The molecule has 1 unspecified atom stereocenters. The zero-order chi connectivity index (χ0) is 16.9. The van der Waals surface area contributed by atoms with Gasteiger partial charge >= 0.3 is 7.12 Å². The van der Waals surface area contributed by atoms with Crippen LogP contribution in [-0.4, -0.2) is 31.5 Å². The molecule has 1 aromatic rings. The summed E-state index contributed by atoms with van der Waals surface area (Å²) in [6, 6.07) is 6.97. The molecule has 2 saturated heterocycles. The van der Waals surface area contributed by atoms with Crippen LogP contribution in [0.5, 0.6) is 0 Å². The zero-order valence-corrected chi connectivity index (χ0v) is 15.4. The molecule has 3 nitrogen and oxygen atoms in total. The van der Waals surface area contributed by atoms with Crippen molar-refractivity contribution in [3.8, 4) is 0 Å². The molecule has 2 aliphatic heterocycles. The van der Waals surface area contributed by atoms with E-state index in [1.807, 2.05) is 0 Å². The smallest absolute Gasteiger partial charge is 0.399 e. The standard InChI is InChI=1S/C20H29BO3/c1-19(2)20(3,4)24-21(23-19)18-12-15(16-6-5-11-22-13-16)9-10-17(18)14-7-8-14/h9-10,12,14,16H,5-8,11,13H2,1-4H3. The second-order valence-electron chi connectivity index (χ2n) is 8.66. The van der Waals surface area contributed by atoms with Crippen molar-refractivity contribution in [1.82, 2.24) is 0 Å². The summed E-state index contributed by atoms with van der Waals surface area (Å²) in [7, 11) is -0.255. The highest BCUT2D eigenvalue weighted by atomic mass is 16.7. The minimum Gasteiger partial charge on any atom is -0.399 e. The van der Waals surface area contributed by atoms with Gasteiger partial charge in [0.2, 0.25) is 0 Å². The van der Waals surface area contributed by atoms with Gasteiger partial charge in [-0.2, -0.15) is 0 Å². The summed E-state index contributed by atoms with van der Waals surface area (Å²) in [6.07, 6.45) is 4.95. The Balaban J connectivity index is 1.67. The first-order valence-electron chi connectivity index (χ1n) is 9.44. The fraction of sp³-hybridized carbons (Fsp3) is 0.700. The molecule has 1 saturated carbocycles. The Kier molecular flexibility index (Phi) is 4.06. The van der Waals surface area contributed by atoms with Crippen molar-refractivity contribution in [2.45, 2.75) is 76.4 Å². The van der Waals surface area contributed by atoms with Gasteiger partial charge in [0.05, 0.1) is 17.8 Å². The van der Waals surface area contributed by atoms with Gasteiger partial charge in [0, 0.05) is 12.5 Å². The molecule has 2 heterocycles. The lowest BCUT2D eigenvalue weighted by atomic mass is 9.73. The maximum atomic E-state index is 6.36. The van der Waals surface area contributed by atoms with Gasteiger partial charge in [-0.1, -0.05) is 18.2 Å². The molecule has 1 atom stereocenters. The largest absolute Gasteiger partial charge is 0.495 e. The molecule has 24 heavy (non-hydrogen) atoms. The second kappa shape index (κ2) is 5.86. The van der Waals surface area contributed by atoms with Crippen LogP contribution in [0.2, 0.25) is 0 Å². The van der Waals surface area contributed by atoms with E-state index in [2.05, 4.69) is 45.9 Å². The molecule has 130 valence electrons. The lowest BCUT2D eigenvalue weighted by Crippen LogP contribution is -2.41. The minimum atomic E-state index is -0.289. The van der Waals surface area contributed by atoms with Crippen molar-refractivity contribution in [3.63, 3.8) is 0 Å². The minimum absolute atomic E-state index is 0.255. The van der Waals surface area contributed by atoms with Crippen LogP contribution in [-0.2, 0) is 14.0 Å². The molecular weight excluding hydrogens is 299 g/mol. The molecule has 0 aromatic heterocycles.